The van der Waals surface area contributed by atoms with Gasteiger partial charge in [0.1, 0.15) is 6.10 Å². The van der Waals surface area contributed by atoms with Gasteiger partial charge in [-0.25, -0.2) is 0 Å². The van der Waals surface area contributed by atoms with E-state index >= 15 is 0 Å². The highest BCUT2D eigenvalue weighted by Crippen LogP contribution is 2.22. The van der Waals surface area contributed by atoms with Gasteiger partial charge in [-0.3, -0.25) is 4.79 Å². The Hall–Kier alpha value is -1.97. The molecule has 1 atom stereocenters. The van der Waals surface area contributed by atoms with Crippen LogP contribution in [0.15, 0.2) is 60.7 Å². The molecule has 0 saturated carbocycles. The molecule has 0 radical (unpaired) electrons. The first kappa shape index (κ1) is 21.1. The van der Waals surface area contributed by atoms with Gasteiger partial charge in [-0.2, -0.15) is 0 Å². The number of carbonyl (C=O) groups is 1. The molecular weight excluding hydrogens is 312 g/mol. The van der Waals surface area contributed by atoms with Crippen molar-refractivity contribution in [2.45, 2.75) is 39.7 Å². The van der Waals surface area contributed by atoms with Gasteiger partial charge in [0.2, 0.25) is 0 Å². The van der Waals surface area contributed by atoms with Gasteiger partial charge in [-0.05, 0) is 25.8 Å². The second-order valence-corrected chi connectivity index (χ2v) is 5.53. The molecule has 1 unspecified atom stereocenters. The lowest BCUT2D eigenvalue weighted by molar-refractivity contribution is 0.0395. The minimum atomic E-state index is -0.509. The van der Waals surface area contributed by atoms with Crippen molar-refractivity contribution in [1.29, 1.82) is 0 Å². The van der Waals surface area contributed by atoms with E-state index < -0.39 is 6.10 Å². The first-order chi connectivity index (χ1) is 12.2. The summed E-state index contributed by atoms with van der Waals surface area (Å²) in [6, 6.07) is 19.0. The first-order valence-corrected chi connectivity index (χ1v) is 9.08. The van der Waals surface area contributed by atoms with Crippen molar-refractivity contribution in [3.8, 4) is 0 Å². The van der Waals surface area contributed by atoms with E-state index in [1.54, 1.807) is 0 Å². The topological polar surface area (TPSA) is 35.5 Å². The summed E-state index contributed by atoms with van der Waals surface area (Å²) in [5, 5.41) is 0. The molecule has 0 fully saturated rings. The van der Waals surface area contributed by atoms with Crippen LogP contribution in [0.4, 0.5) is 0 Å². The van der Waals surface area contributed by atoms with E-state index in [1.807, 2.05) is 74.5 Å². The highest BCUT2D eigenvalue weighted by Gasteiger charge is 2.22. The van der Waals surface area contributed by atoms with Crippen LogP contribution in [-0.2, 0) is 9.47 Å². The third-order valence-electron chi connectivity index (χ3n) is 3.59. The van der Waals surface area contributed by atoms with Gasteiger partial charge in [0.15, 0.2) is 5.78 Å². The second kappa shape index (κ2) is 13.3. The molecule has 0 heterocycles. The molecule has 25 heavy (non-hydrogen) atoms. The molecule has 0 bridgehead atoms. The van der Waals surface area contributed by atoms with Gasteiger partial charge in [0, 0.05) is 25.4 Å². The molecule has 3 nitrogen and oxygen atoms in total. The highest BCUT2D eigenvalue weighted by molar-refractivity contribution is 6.00. The lowest BCUT2D eigenvalue weighted by Gasteiger charge is -2.17. The maximum atomic E-state index is 12.6. The van der Waals surface area contributed by atoms with Crippen molar-refractivity contribution in [1.82, 2.24) is 0 Å². The molecule has 0 spiro atoms. The number of Topliss-reactive ketones (excluding diaryl/α,β-unsaturated/α-hetero) is 1. The summed E-state index contributed by atoms with van der Waals surface area (Å²) in [7, 11) is 0. The average Bonchev–Trinajstić information content (AvgIpc) is 2.67. The molecule has 0 aliphatic rings. The van der Waals surface area contributed by atoms with Crippen LogP contribution in [0.25, 0.3) is 0 Å². The SMILES string of the molecule is CCCCOC(C(=O)c1ccccc1)c1ccccc1.CCOCC. The summed E-state index contributed by atoms with van der Waals surface area (Å²) in [5.74, 6) is 0.0212. The number of unbranched alkanes of at least 4 members (excludes halogenated alkanes) is 1. The van der Waals surface area contributed by atoms with Gasteiger partial charge in [-0.15, -0.1) is 0 Å². The quantitative estimate of drug-likeness (QED) is 0.448. The zero-order chi connectivity index (χ0) is 18.3. The fourth-order valence-electron chi connectivity index (χ4n) is 2.25. The fourth-order valence-corrected chi connectivity index (χ4v) is 2.25. The van der Waals surface area contributed by atoms with Crippen molar-refractivity contribution >= 4 is 5.78 Å². The van der Waals surface area contributed by atoms with Crippen molar-refractivity contribution in [2.24, 2.45) is 0 Å². The maximum Gasteiger partial charge on any atom is 0.196 e. The molecule has 2 rings (SSSR count). The van der Waals surface area contributed by atoms with Crippen molar-refractivity contribution in [2.75, 3.05) is 19.8 Å². The minimum absolute atomic E-state index is 0.0212. The summed E-state index contributed by atoms with van der Waals surface area (Å²) >= 11 is 0. The molecule has 136 valence electrons. The number of ether oxygens (including phenoxy) is 2. The summed E-state index contributed by atoms with van der Waals surface area (Å²) in [4.78, 5) is 12.6. The van der Waals surface area contributed by atoms with Crippen LogP contribution in [0.3, 0.4) is 0 Å². The fraction of sp³-hybridized carbons (Fsp3) is 0.409. The minimum Gasteiger partial charge on any atom is -0.382 e. The largest absolute Gasteiger partial charge is 0.382 e. The smallest absolute Gasteiger partial charge is 0.196 e. The highest BCUT2D eigenvalue weighted by atomic mass is 16.5. The van der Waals surface area contributed by atoms with Crippen LogP contribution in [0.2, 0.25) is 0 Å². The third kappa shape index (κ3) is 8.10. The molecule has 0 amide bonds. The Bertz CT molecular complexity index is 564. The number of hydrogen-bond acceptors (Lipinski definition) is 3. The molecule has 2 aromatic rings. The Labute approximate surface area is 152 Å². The number of rotatable bonds is 9. The van der Waals surface area contributed by atoms with Gasteiger partial charge in [-0.1, -0.05) is 74.0 Å². The Kier molecular flexibility index (Phi) is 11.2. The Morgan fingerprint density at radius 1 is 0.880 bits per heavy atom. The van der Waals surface area contributed by atoms with Gasteiger partial charge < -0.3 is 9.47 Å². The first-order valence-electron chi connectivity index (χ1n) is 9.08. The van der Waals surface area contributed by atoms with Crippen LogP contribution >= 0.6 is 0 Å². The predicted molar refractivity (Wildman–Crippen MR) is 103 cm³/mol. The monoisotopic (exact) mass is 342 g/mol. The van der Waals surface area contributed by atoms with Crippen LogP contribution in [0.5, 0.6) is 0 Å². The van der Waals surface area contributed by atoms with Crippen LogP contribution in [-0.4, -0.2) is 25.6 Å². The number of benzene rings is 2. The van der Waals surface area contributed by atoms with Gasteiger partial charge in [0.05, 0.1) is 0 Å². The maximum absolute atomic E-state index is 12.6. The number of ketones is 1. The van der Waals surface area contributed by atoms with Crippen LogP contribution in [0.1, 0.15) is 55.6 Å². The average molecular weight is 342 g/mol. The Morgan fingerprint density at radius 2 is 1.44 bits per heavy atom. The van der Waals surface area contributed by atoms with E-state index in [9.17, 15) is 4.79 Å². The zero-order valence-corrected chi connectivity index (χ0v) is 15.6. The van der Waals surface area contributed by atoms with Crippen molar-refractivity contribution in [3.63, 3.8) is 0 Å². The summed E-state index contributed by atoms with van der Waals surface area (Å²) in [5.41, 5.74) is 1.61. The molecule has 2 aromatic carbocycles. The Balaban J connectivity index is 0.000000550. The standard InChI is InChI=1S/C18H20O2.C4H10O/c1-2-3-14-20-18(16-12-8-5-9-13-16)17(19)15-10-6-4-7-11-15;1-3-5-4-2/h4-13,18H,2-3,14H2,1H3;3-4H2,1-2H3. The molecule has 0 aliphatic heterocycles. The van der Waals surface area contributed by atoms with E-state index in [2.05, 4.69) is 6.92 Å². The normalized spacial score (nSPS) is 11.3. The summed E-state index contributed by atoms with van der Waals surface area (Å²) in [6.45, 7) is 8.38. The molecule has 0 aliphatic carbocycles. The van der Waals surface area contributed by atoms with Crippen molar-refractivity contribution in [3.05, 3.63) is 71.8 Å². The van der Waals surface area contributed by atoms with Crippen LogP contribution < -0.4 is 0 Å². The predicted octanol–water partition coefficient (Wildman–Crippen LogP) is 5.47. The van der Waals surface area contributed by atoms with E-state index in [4.69, 9.17) is 9.47 Å². The lowest BCUT2D eigenvalue weighted by Crippen LogP contribution is -2.17. The molecular formula is C22H30O3. The van der Waals surface area contributed by atoms with Gasteiger partial charge in [0.25, 0.3) is 0 Å². The second-order valence-electron chi connectivity index (χ2n) is 5.53. The van der Waals surface area contributed by atoms with Crippen LogP contribution in [0, 0.1) is 0 Å². The van der Waals surface area contributed by atoms with Gasteiger partial charge >= 0.3 is 0 Å². The number of carbonyl (C=O) groups excluding carboxylic acids is 1. The zero-order valence-electron chi connectivity index (χ0n) is 15.6. The van der Waals surface area contributed by atoms with Crippen molar-refractivity contribution < 1.29 is 14.3 Å². The lowest BCUT2D eigenvalue weighted by atomic mass is 10.00. The molecule has 3 heteroatoms. The summed E-state index contributed by atoms with van der Waals surface area (Å²) < 4.78 is 10.7. The van der Waals surface area contributed by atoms with E-state index in [0.717, 1.165) is 31.6 Å². The van der Waals surface area contributed by atoms with E-state index in [-0.39, 0.29) is 5.78 Å². The molecule has 0 N–H and O–H groups in total. The number of hydrogen-bond donors (Lipinski definition) is 0. The van der Waals surface area contributed by atoms with E-state index in [0.29, 0.717) is 12.2 Å². The summed E-state index contributed by atoms with van der Waals surface area (Å²) in [6.07, 6.45) is 1.51. The Morgan fingerprint density at radius 3 is 1.92 bits per heavy atom. The molecule has 0 aromatic heterocycles. The van der Waals surface area contributed by atoms with E-state index in [1.165, 1.54) is 0 Å². The molecule has 0 saturated heterocycles. The third-order valence-corrected chi connectivity index (χ3v) is 3.59.